The number of hydrogen-bond acceptors (Lipinski definition) is 4. The molecule has 0 aliphatic rings. The molecule has 1 heterocycles. The first-order valence-corrected chi connectivity index (χ1v) is 7.78. The van der Waals surface area contributed by atoms with E-state index in [4.69, 9.17) is 17.3 Å². The quantitative estimate of drug-likeness (QED) is 0.848. The maximum absolute atomic E-state index is 13.5. The fourth-order valence-corrected chi connectivity index (χ4v) is 3.64. The number of halogens is 2. The molecule has 0 aliphatic heterocycles. The van der Waals surface area contributed by atoms with Gasteiger partial charge in [0, 0.05) is 17.3 Å². The van der Waals surface area contributed by atoms with Crippen LogP contribution in [0.15, 0.2) is 29.3 Å². The number of rotatable bonds is 3. The number of hydrogen-bond donors (Lipinski definition) is 2. The van der Waals surface area contributed by atoms with E-state index in [2.05, 4.69) is 9.71 Å². The highest BCUT2D eigenvalue weighted by Crippen LogP contribution is 2.29. The van der Waals surface area contributed by atoms with E-state index in [-0.39, 0.29) is 27.5 Å². The number of nitrogens with zero attached hydrogens (tertiary/aromatic N) is 1. The van der Waals surface area contributed by atoms with E-state index in [1.165, 1.54) is 32.2 Å². The summed E-state index contributed by atoms with van der Waals surface area (Å²) in [5.74, 6) is -0.575. The predicted octanol–water partition coefficient (Wildman–Crippen LogP) is 2.87. The van der Waals surface area contributed by atoms with E-state index < -0.39 is 15.8 Å². The Morgan fingerprint density at radius 1 is 1.33 bits per heavy atom. The van der Waals surface area contributed by atoms with Gasteiger partial charge in [0.15, 0.2) is 0 Å². The van der Waals surface area contributed by atoms with Crippen molar-refractivity contribution >= 4 is 33.1 Å². The van der Waals surface area contributed by atoms with Crippen LogP contribution in [0.1, 0.15) is 11.1 Å². The average Bonchev–Trinajstić information content (AvgIpc) is 2.35. The van der Waals surface area contributed by atoms with E-state index >= 15 is 0 Å². The Hall–Kier alpha value is -1.86. The van der Waals surface area contributed by atoms with Gasteiger partial charge in [-0.05, 0) is 37.1 Å². The lowest BCUT2D eigenvalue weighted by atomic mass is 10.1. The molecular formula is C13H13ClFN3O2S. The second kappa shape index (κ2) is 5.50. The highest BCUT2D eigenvalue weighted by atomic mass is 35.5. The summed E-state index contributed by atoms with van der Waals surface area (Å²) in [7, 11) is -3.95. The molecule has 0 saturated carbocycles. The molecule has 21 heavy (non-hydrogen) atoms. The molecule has 3 N–H and O–H groups in total. The smallest absolute Gasteiger partial charge is 0.263 e. The van der Waals surface area contributed by atoms with Crippen LogP contribution in [-0.2, 0) is 10.0 Å². The zero-order valence-corrected chi connectivity index (χ0v) is 12.9. The zero-order chi connectivity index (χ0) is 15.8. The molecule has 112 valence electrons. The SMILES string of the molecule is Cc1cc(F)c(N)c(C)c1S(=O)(=O)Nc1cc(Cl)ccn1. The Bertz CT molecular complexity index is 809. The first-order chi connectivity index (χ1) is 9.72. The van der Waals surface area contributed by atoms with Crippen molar-refractivity contribution in [1.29, 1.82) is 0 Å². The van der Waals surface area contributed by atoms with Gasteiger partial charge >= 0.3 is 0 Å². The minimum absolute atomic E-state index is 0.0665. The number of nitrogens with one attached hydrogen (secondary N) is 1. The molecule has 1 aromatic carbocycles. The molecule has 0 amide bonds. The summed E-state index contributed by atoms with van der Waals surface area (Å²) in [5.41, 5.74) is 5.78. The Labute approximate surface area is 127 Å². The number of pyridine rings is 1. The van der Waals surface area contributed by atoms with Crippen LogP contribution in [0, 0.1) is 19.7 Å². The van der Waals surface area contributed by atoms with Crippen molar-refractivity contribution in [2.24, 2.45) is 0 Å². The molecular weight excluding hydrogens is 317 g/mol. The van der Waals surface area contributed by atoms with Gasteiger partial charge in [-0.3, -0.25) is 4.72 Å². The summed E-state index contributed by atoms with van der Waals surface area (Å²) < 4.78 is 40.7. The van der Waals surface area contributed by atoms with Crippen molar-refractivity contribution < 1.29 is 12.8 Å². The molecule has 0 spiro atoms. The van der Waals surface area contributed by atoms with E-state index in [1.807, 2.05) is 0 Å². The Morgan fingerprint density at radius 2 is 2.00 bits per heavy atom. The topological polar surface area (TPSA) is 85.1 Å². The molecule has 5 nitrogen and oxygen atoms in total. The largest absolute Gasteiger partial charge is 0.396 e. The van der Waals surface area contributed by atoms with Crippen molar-refractivity contribution in [3.63, 3.8) is 0 Å². The number of aryl methyl sites for hydroxylation is 1. The second-order valence-electron chi connectivity index (χ2n) is 4.51. The first-order valence-electron chi connectivity index (χ1n) is 5.92. The Kier molecular flexibility index (Phi) is 4.06. The highest BCUT2D eigenvalue weighted by molar-refractivity contribution is 7.92. The molecule has 2 aromatic rings. The van der Waals surface area contributed by atoms with Crippen LogP contribution < -0.4 is 10.5 Å². The lowest BCUT2D eigenvalue weighted by Crippen LogP contribution is -2.17. The van der Waals surface area contributed by atoms with Crippen LogP contribution in [0.5, 0.6) is 0 Å². The molecule has 0 radical (unpaired) electrons. The maximum Gasteiger partial charge on any atom is 0.263 e. The van der Waals surface area contributed by atoms with E-state index in [1.54, 1.807) is 0 Å². The Morgan fingerprint density at radius 3 is 2.62 bits per heavy atom. The number of benzene rings is 1. The summed E-state index contributed by atoms with van der Waals surface area (Å²) in [6, 6.07) is 3.98. The van der Waals surface area contributed by atoms with Gasteiger partial charge in [-0.1, -0.05) is 11.6 Å². The lowest BCUT2D eigenvalue weighted by Gasteiger charge is -2.14. The average molecular weight is 330 g/mol. The van der Waals surface area contributed by atoms with Crippen molar-refractivity contribution in [1.82, 2.24) is 4.98 Å². The number of nitrogen functional groups attached to an aromatic ring is 1. The predicted molar refractivity (Wildman–Crippen MR) is 80.3 cm³/mol. The van der Waals surface area contributed by atoms with Gasteiger partial charge in [0.25, 0.3) is 10.0 Å². The number of sulfonamides is 1. The van der Waals surface area contributed by atoms with E-state index in [0.29, 0.717) is 5.02 Å². The van der Waals surface area contributed by atoms with Gasteiger partial charge in [-0.15, -0.1) is 0 Å². The number of aromatic nitrogens is 1. The van der Waals surface area contributed by atoms with Crippen molar-refractivity contribution in [3.8, 4) is 0 Å². The number of anilines is 2. The molecule has 0 unspecified atom stereocenters. The first kappa shape index (κ1) is 15.5. The number of nitrogens with two attached hydrogens (primary N) is 1. The van der Waals surface area contributed by atoms with Gasteiger partial charge in [-0.2, -0.15) is 0 Å². The summed E-state index contributed by atoms with van der Waals surface area (Å²) in [5, 5.41) is 0.342. The zero-order valence-electron chi connectivity index (χ0n) is 11.3. The standard InChI is InChI=1S/C13H13ClFN3O2S/c1-7-5-10(15)12(16)8(2)13(7)21(19,20)18-11-6-9(14)3-4-17-11/h3-6H,16H2,1-2H3,(H,17,18). The van der Waals surface area contributed by atoms with Crippen LogP contribution in [0.3, 0.4) is 0 Å². The molecule has 1 aromatic heterocycles. The molecule has 2 rings (SSSR count). The van der Waals surface area contributed by atoms with Crippen molar-refractivity contribution in [2.45, 2.75) is 18.7 Å². The molecule has 0 aliphatic carbocycles. The monoisotopic (exact) mass is 329 g/mol. The highest BCUT2D eigenvalue weighted by Gasteiger charge is 2.23. The van der Waals surface area contributed by atoms with Crippen LogP contribution in [-0.4, -0.2) is 13.4 Å². The molecule has 8 heteroatoms. The van der Waals surface area contributed by atoms with Crippen molar-refractivity contribution in [3.05, 3.63) is 46.4 Å². The van der Waals surface area contributed by atoms with Crippen LogP contribution in [0.2, 0.25) is 5.02 Å². The molecule has 0 atom stereocenters. The van der Waals surface area contributed by atoms with Crippen LogP contribution in [0.4, 0.5) is 15.9 Å². The third kappa shape index (κ3) is 3.08. The third-order valence-corrected chi connectivity index (χ3v) is 4.81. The van der Waals surface area contributed by atoms with Crippen LogP contribution >= 0.6 is 11.6 Å². The summed E-state index contributed by atoms with van der Waals surface area (Å²) in [6.07, 6.45) is 1.37. The van der Waals surface area contributed by atoms with Crippen molar-refractivity contribution in [2.75, 3.05) is 10.5 Å². The van der Waals surface area contributed by atoms with Crippen LogP contribution in [0.25, 0.3) is 0 Å². The fourth-order valence-electron chi connectivity index (χ4n) is 1.99. The van der Waals surface area contributed by atoms with E-state index in [0.717, 1.165) is 6.07 Å². The molecule has 0 bridgehead atoms. The lowest BCUT2D eigenvalue weighted by molar-refractivity contribution is 0.598. The van der Waals surface area contributed by atoms with E-state index in [9.17, 15) is 12.8 Å². The van der Waals surface area contributed by atoms with Gasteiger partial charge < -0.3 is 5.73 Å². The normalized spacial score (nSPS) is 11.4. The van der Waals surface area contributed by atoms with Gasteiger partial charge in [0.1, 0.15) is 11.6 Å². The van der Waals surface area contributed by atoms with Gasteiger partial charge in [0.2, 0.25) is 0 Å². The fraction of sp³-hybridized carbons (Fsp3) is 0.154. The maximum atomic E-state index is 13.5. The van der Waals surface area contributed by atoms with Gasteiger partial charge in [-0.25, -0.2) is 17.8 Å². The van der Waals surface area contributed by atoms with Gasteiger partial charge in [0.05, 0.1) is 10.6 Å². The minimum atomic E-state index is -3.95. The summed E-state index contributed by atoms with van der Waals surface area (Å²) in [4.78, 5) is 3.80. The third-order valence-electron chi connectivity index (χ3n) is 2.93. The Balaban J connectivity index is 2.53. The minimum Gasteiger partial charge on any atom is -0.396 e. The summed E-state index contributed by atoms with van der Waals surface area (Å²) in [6.45, 7) is 2.95. The summed E-state index contributed by atoms with van der Waals surface area (Å²) >= 11 is 5.78. The molecule has 0 fully saturated rings. The second-order valence-corrected chi connectivity index (χ2v) is 6.56. The molecule has 0 saturated heterocycles.